The van der Waals surface area contributed by atoms with E-state index in [9.17, 15) is 14.0 Å². The average Bonchev–Trinajstić information content (AvgIpc) is 2.37. The molecule has 0 atom stereocenters. The van der Waals surface area contributed by atoms with Gasteiger partial charge in [-0.05, 0) is 31.0 Å². The van der Waals surface area contributed by atoms with Gasteiger partial charge in [0.15, 0.2) is 0 Å². The fourth-order valence-electron chi connectivity index (χ4n) is 2.23. The molecule has 4 nitrogen and oxygen atoms in total. The number of likely N-dealkylation sites (tertiary alicyclic amines) is 1. The largest absolute Gasteiger partial charge is 0.369 e. The van der Waals surface area contributed by atoms with Gasteiger partial charge in [0.1, 0.15) is 5.82 Å². The first kappa shape index (κ1) is 14.0. The van der Waals surface area contributed by atoms with Crippen LogP contribution in [0.1, 0.15) is 23.2 Å². The smallest absolute Gasteiger partial charge is 0.253 e. The van der Waals surface area contributed by atoms with Crippen LogP contribution in [0.25, 0.3) is 0 Å². The lowest BCUT2D eigenvalue weighted by Gasteiger charge is -2.30. The highest BCUT2D eigenvalue weighted by atomic mass is 79.9. The van der Waals surface area contributed by atoms with E-state index in [4.69, 9.17) is 5.73 Å². The molecular formula is C13H14BrFN2O2. The predicted octanol–water partition coefficient (Wildman–Crippen LogP) is 1.93. The fraction of sp³-hybridized carbons (Fsp3) is 0.385. The van der Waals surface area contributed by atoms with E-state index in [1.807, 2.05) is 0 Å². The summed E-state index contributed by atoms with van der Waals surface area (Å²) in [6.45, 7) is 0.946. The summed E-state index contributed by atoms with van der Waals surface area (Å²) in [6.07, 6.45) is 1.13. The number of hydrogen-bond acceptors (Lipinski definition) is 2. The summed E-state index contributed by atoms with van der Waals surface area (Å²) in [5.74, 6) is -1.16. The SMILES string of the molecule is NC(=O)C1CCN(C(=O)c2cc(F)cc(Br)c2)CC1. The number of benzene rings is 1. The Hall–Kier alpha value is -1.43. The molecule has 1 aliphatic heterocycles. The number of halogens is 2. The maximum atomic E-state index is 13.3. The zero-order valence-corrected chi connectivity index (χ0v) is 11.8. The molecule has 6 heteroatoms. The second-order valence-electron chi connectivity index (χ2n) is 4.63. The molecule has 1 fully saturated rings. The summed E-state index contributed by atoms with van der Waals surface area (Å²) < 4.78 is 13.8. The van der Waals surface area contributed by atoms with E-state index in [-0.39, 0.29) is 17.7 Å². The molecule has 0 aliphatic carbocycles. The Bertz CT molecular complexity index is 493. The first-order valence-corrected chi connectivity index (χ1v) is 6.81. The van der Waals surface area contributed by atoms with Crippen molar-refractivity contribution in [1.82, 2.24) is 4.90 Å². The lowest BCUT2D eigenvalue weighted by atomic mass is 9.96. The van der Waals surface area contributed by atoms with Crippen molar-refractivity contribution >= 4 is 27.7 Å². The molecule has 2 N–H and O–H groups in total. The monoisotopic (exact) mass is 328 g/mol. The minimum Gasteiger partial charge on any atom is -0.369 e. The highest BCUT2D eigenvalue weighted by Crippen LogP contribution is 2.21. The molecule has 1 saturated heterocycles. The zero-order valence-electron chi connectivity index (χ0n) is 10.2. The van der Waals surface area contributed by atoms with Gasteiger partial charge in [-0.2, -0.15) is 0 Å². The normalized spacial score (nSPS) is 16.4. The van der Waals surface area contributed by atoms with E-state index in [1.54, 1.807) is 11.0 Å². The van der Waals surface area contributed by atoms with Crippen LogP contribution in [-0.4, -0.2) is 29.8 Å². The third-order valence-electron chi connectivity index (χ3n) is 3.29. The van der Waals surface area contributed by atoms with Gasteiger partial charge in [0, 0.05) is 29.0 Å². The van der Waals surface area contributed by atoms with Crippen molar-refractivity contribution in [2.24, 2.45) is 11.7 Å². The number of amides is 2. The zero-order chi connectivity index (χ0) is 14.0. The van der Waals surface area contributed by atoms with Crippen molar-refractivity contribution in [2.75, 3.05) is 13.1 Å². The number of nitrogens with zero attached hydrogens (tertiary/aromatic N) is 1. The van der Waals surface area contributed by atoms with E-state index in [1.165, 1.54) is 12.1 Å². The van der Waals surface area contributed by atoms with Crippen molar-refractivity contribution in [3.63, 3.8) is 0 Å². The topological polar surface area (TPSA) is 63.4 Å². The van der Waals surface area contributed by atoms with E-state index < -0.39 is 5.82 Å². The predicted molar refractivity (Wildman–Crippen MR) is 71.9 cm³/mol. The third kappa shape index (κ3) is 3.32. The van der Waals surface area contributed by atoms with Gasteiger partial charge in [-0.25, -0.2) is 4.39 Å². The second kappa shape index (κ2) is 5.69. The quantitative estimate of drug-likeness (QED) is 0.901. The highest BCUT2D eigenvalue weighted by Gasteiger charge is 2.26. The van der Waals surface area contributed by atoms with E-state index >= 15 is 0 Å². The molecule has 1 aromatic carbocycles. The van der Waals surface area contributed by atoms with Gasteiger partial charge in [0.05, 0.1) is 0 Å². The number of hydrogen-bond donors (Lipinski definition) is 1. The number of primary amides is 1. The molecule has 0 bridgehead atoms. The first-order chi connectivity index (χ1) is 8.97. The van der Waals surface area contributed by atoms with Crippen LogP contribution in [0.3, 0.4) is 0 Å². The van der Waals surface area contributed by atoms with Crippen LogP contribution < -0.4 is 5.73 Å². The number of rotatable bonds is 2. The van der Waals surface area contributed by atoms with Crippen molar-refractivity contribution in [3.8, 4) is 0 Å². The molecule has 0 aromatic heterocycles. The molecule has 1 aromatic rings. The summed E-state index contributed by atoms with van der Waals surface area (Å²) in [7, 11) is 0. The molecule has 0 saturated carbocycles. The summed E-state index contributed by atoms with van der Waals surface area (Å²) in [4.78, 5) is 24.9. The molecule has 102 valence electrons. The van der Waals surface area contributed by atoms with Crippen LogP contribution in [0, 0.1) is 11.7 Å². The van der Waals surface area contributed by atoms with E-state index in [2.05, 4.69) is 15.9 Å². The van der Waals surface area contributed by atoms with Gasteiger partial charge in [-0.3, -0.25) is 9.59 Å². The molecule has 0 unspecified atom stereocenters. The fourth-order valence-corrected chi connectivity index (χ4v) is 2.69. The number of nitrogens with two attached hydrogens (primary N) is 1. The minimum atomic E-state index is -0.454. The Kier molecular flexibility index (Phi) is 4.19. The second-order valence-corrected chi connectivity index (χ2v) is 5.54. The Morgan fingerprint density at radius 3 is 2.42 bits per heavy atom. The van der Waals surface area contributed by atoms with Crippen LogP contribution in [0.5, 0.6) is 0 Å². The van der Waals surface area contributed by atoms with Gasteiger partial charge >= 0.3 is 0 Å². The first-order valence-electron chi connectivity index (χ1n) is 6.02. The van der Waals surface area contributed by atoms with Crippen LogP contribution >= 0.6 is 15.9 Å². The Morgan fingerprint density at radius 1 is 1.26 bits per heavy atom. The summed E-state index contributed by atoms with van der Waals surface area (Å²) in [5, 5.41) is 0. The van der Waals surface area contributed by atoms with Crippen LogP contribution in [0.4, 0.5) is 4.39 Å². The Morgan fingerprint density at radius 2 is 1.89 bits per heavy atom. The van der Waals surface area contributed by atoms with Gasteiger partial charge in [0.25, 0.3) is 5.91 Å². The lowest BCUT2D eigenvalue weighted by molar-refractivity contribution is -0.123. The lowest BCUT2D eigenvalue weighted by Crippen LogP contribution is -2.41. The molecule has 19 heavy (non-hydrogen) atoms. The minimum absolute atomic E-state index is 0.164. The molecule has 1 aliphatic rings. The van der Waals surface area contributed by atoms with Crippen LogP contribution in [0.15, 0.2) is 22.7 Å². The van der Waals surface area contributed by atoms with E-state index in [0.717, 1.165) is 0 Å². The van der Waals surface area contributed by atoms with Crippen molar-refractivity contribution in [2.45, 2.75) is 12.8 Å². The summed E-state index contributed by atoms with van der Waals surface area (Å²) in [5.41, 5.74) is 5.55. The van der Waals surface area contributed by atoms with Crippen LogP contribution in [0.2, 0.25) is 0 Å². The maximum Gasteiger partial charge on any atom is 0.253 e. The highest BCUT2D eigenvalue weighted by molar-refractivity contribution is 9.10. The molecule has 0 spiro atoms. The number of carbonyl (C=O) groups is 2. The van der Waals surface area contributed by atoms with Crippen molar-refractivity contribution in [1.29, 1.82) is 0 Å². The third-order valence-corrected chi connectivity index (χ3v) is 3.75. The Balaban J connectivity index is 2.07. The summed E-state index contributed by atoms with van der Waals surface area (Å²) in [6, 6.07) is 4.11. The molecule has 2 rings (SSSR count). The molecule has 2 amide bonds. The standard InChI is InChI=1S/C13H14BrFN2O2/c14-10-5-9(6-11(15)7-10)13(19)17-3-1-8(2-4-17)12(16)18/h5-8H,1-4H2,(H2,16,18). The average molecular weight is 329 g/mol. The summed E-state index contributed by atoms with van der Waals surface area (Å²) >= 11 is 3.16. The maximum absolute atomic E-state index is 13.3. The Labute approximate surface area is 118 Å². The van der Waals surface area contributed by atoms with Gasteiger partial charge in [-0.1, -0.05) is 15.9 Å². The molecule has 0 radical (unpaired) electrons. The van der Waals surface area contributed by atoms with Gasteiger partial charge < -0.3 is 10.6 Å². The number of piperidine rings is 1. The van der Waals surface area contributed by atoms with Crippen molar-refractivity contribution < 1.29 is 14.0 Å². The van der Waals surface area contributed by atoms with Gasteiger partial charge in [0.2, 0.25) is 5.91 Å². The van der Waals surface area contributed by atoms with E-state index in [0.29, 0.717) is 36.0 Å². The number of carbonyl (C=O) groups excluding carboxylic acids is 2. The molecule has 1 heterocycles. The van der Waals surface area contributed by atoms with Gasteiger partial charge in [-0.15, -0.1) is 0 Å². The van der Waals surface area contributed by atoms with Crippen LogP contribution in [-0.2, 0) is 4.79 Å². The van der Waals surface area contributed by atoms with Crippen molar-refractivity contribution in [3.05, 3.63) is 34.1 Å². The molecular weight excluding hydrogens is 315 g/mol.